The molecule has 0 bridgehead atoms. The normalized spacial score (nSPS) is 16.7. The fraction of sp³-hybridized carbons (Fsp3) is 0.250. The second-order valence-electron chi connectivity index (χ2n) is 7.49. The average molecular weight is 424 g/mol. The van der Waals surface area contributed by atoms with Gasteiger partial charge in [0.2, 0.25) is 10.0 Å². The molecule has 0 fully saturated rings. The van der Waals surface area contributed by atoms with Crippen molar-refractivity contribution in [2.45, 2.75) is 30.8 Å². The zero-order chi connectivity index (χ0) is 21.3. The minimum atomic E-state index is -3.69. The first-order chi connectivity index (χ1) is 14.4. The molecule has 3 aromatic carbocycles. The van der Waals surface area contributed by atoms with Crippen molar-refractivity contribution in [2.24, 2.45) is 0 Å². The number of hydrogen-bond donors (Lipinski definition) is 0. The zero-order valence-electron chi connectivity index (χ0n) is 17.3. The molecule has 156 valence electrons. The third-order valence-electron chi connectivity index (χ3n) is 5.63. The van der Waals surface area contributed by atoms with Crippen LogP contribution in [0.25, 0.3) is 0 Å². The van der Waals surface area contributed by atoms with Gasteiger partial charge in [0.15, 0.2) is 0 Å². The molecule has 6 heteroatoms. The number of methoxy groups -OCH3 is 2. The molecule has 1 aliphatic heterocycles. The Labute approximate surface area is 177 Å². The van der Waals surface area contributed by atoms with Crippen molar-refractivity contribution < 1.29 is 17.9 Å². The van der Waals surface area contributed by atoms with E-state index in [0.29, 0.717) is 17.9 Å². The van der Waals surface area contributed by atoms with Crippen LogP contribution in [0.2, 0.25) is 0 Å². The Bertz CT molecular complexity index is 1140. The Kier molecular flexibility index (Phi) is 5.54. The summed E-state index contributed by atoms with van der Waals surface area (Å²) in [5, 5.41) is 0. The van der Waals surface area contributed by atoms with E-state index in [1.165, 1.54) is 0 Å². The van der Waals surface area contributed by atoms with Gasteiger partial charge >= 0.3 is 0 Å². The minimum absolute atomic E-state index is 0.291. The highest BCUT2D eigenvalue weighted by molar-refractivity contribution is 7.89. The summed E-state index contributed by atoms with van der Waals surface area (Å²) < 4.78 is 39.5. The van der Waals surface area contributed by atoms with Gasteiger partial charge in [-0.15, -0.1) is 0 Å². The number of rotatable bonds is 5. The number of aryl methyl sites for hydroxylation is 1. The molecular weight excluding hydrogens is 398 g/mol. The summed E-state index contributed by atoms with van der Waals surface area (Å²) in [5.41, 5.74) is 4.06. The molecule has 0 amide bonds. The van der Waals surface area contributed by atoms with Crippen LogP contribution in [0.1, 0.15) is 28.3 Å². The molecule has 1 aliphatic rings. The lowest BCUT2D eigenvalue weighted by Crippen LogP contribution is -2.38. The maximum absolute atomic E-state index is 13.6. The van der Waals surface area contributed by atoms with Crippen LogP contribution in [0.3, 0.4) is 0 Å². The standard InChI is InChI=1S/C24H25NO4S/c1-17-4-12-23(13-5-17)30(26,27)25-16-20-14-22(29-3)11-8-19(20)15-24(25)18-6-9-21(28-2)10-7-18/h4-14,24H,15-16H2,1-3H3. The summed E-state index contributed by atoms with van der Waals surface area (Å²) in [4.78, 5) is 0.304. The van der Waals surface area contributed by atoms with Crippen molar-refractivity contribution >= 4 is 10.0 Å². The summed E-state index contributed by atoms with van der Waals surface area (Å²) in [6, 6.07) is 20.2. The molecule has 0 radical (unpaired) electrons. The first kappa shape index (κ1) is 20.4. The monoisotopic (exact) mass is 423 g/mol. The highest BCUT2D eigenvalue weighted by atomic mass is 32.2. The van der Waals surface area contributed by atoms with Crippen LogP contribution >= 0.6 is 0 Å². The molecule has 5 nitrogen and oxygen atoms in total. The van der Waals surface area contributed by atoms with E-state index in [2.05, 4.69) is 0 Å². The first-order valence-electron chi connectivity index (χ1n) is 9.80. The van der Waals surface area contributed by atoms with Gasteiger partial charge in [-0.2, -0.15) is 4.31 Å². The quantitative estimate of drug-likeness (QED) is 0.606. The molecule has 0 spiro atoms. The molecule has 3 aromatic rings. The molecule has 1 atom stereocenters. The third kappa shape index (κ3) is 3.80. The van der Waals surface area contributed by atoms with E-state index in [1.54, 1.807) is 30.7 Å². The molecule has 1 heterocycles. The van der Waals surface area contributed by atoms with Crippen molar-refractivity contribution in [3.05, 3.63) is 89.0 Å². The molecular formula is C24H25NO4S. The van der Waals surface area contributed by atoms with Crippen molar-refractivity contribution in [1.29, 1.82) is 0 Å². The highest BCUT2D eigenvalue weighted by Crippen LogP contribution is 2.38. The van der Waals surface area contributed by atoms with Crippen LogP contribution in [-0.4, -0.2) is 26.9 Å². The lowest BCUT2D eigenvalue weighted by molar-refractivity contribution is 0.295. The molecule has 30 heavy (non-hydrogen) atoms. The summed E-state index contributed by atoms with van der Waals surface area (Å²) >= 11 is 0. The van der Waals surface area contributed by atoms with Gasteiger partial charge < -0.3 is 9.47 Å². The van der Waals surface area contributed by atoms with Crippen LogP contribution in [-0.2, 0) is 23.0 Å². The van der Waals surface area contributed by atoms with Crippen LogP contribution in [0.15, 0.2) is 71.6 Å². The Morgan fingerprint density at radius 3 is 2.10 bits per heavy atom. The number of nitrogens with zero attached hydrogens (tertiary/aromatic N) is 1. The van der Waals surface area contributed by atoms with E-state index in [0.717, 1.165) is 33.8 Å². The molecule has 0 aromatic heterocycles. The highest BCUT2D eigenvalue weighted by Gasteiger charge is 2.36. The van der Waals surface area contributed by atoms with Gasteiger partial charge in [0.05, 0.1) is 25.2 Å². The van der Waals surface area contributed by atoms with Crippen LogP contribution in [0, 0.1) is 6.92 Å². The predicted octanol–water partition coefficient (Wildman–Crippen LogP) is 4.50. The number of fused-ring (bicyclic) bond motifs is 1. The third-order valence-corrected chi connectivity index (χ3v) is 7.50. The lowest BCUT2D eigenvalue weighted by atomic mass is 9.91. The van der Waals surface area contributed by atoms with Gasteiger partial charge in [0, 0.05) is 6.54 Å². The smallest absolute Gasteiger partial charge is 0.243 e. The van der Waals surface area contributed by atoms with Crippen molar-refractivity contribution in [3.8, 4) is 11.5 Å². The Morgan fingerprint density at radius 2 is 1.47 bits per heavy atom. The predicted molar refractivity (Wildman–Crippen MR) is 116 cm³/mol. The van der Waals surface area contributed by atoms with Gasteiger partial charge in [0.1, 0.15) is 11.5 Å². The fourth-order valence-electron chi connectivity index (χ4n) is 3.87. The number of hydrogen-bond acceptors (Lipinski definition) is 4. The van der Waals surface area contributed by atoms with Gasteiger partial charge in [-0.3, -0.25) is 0 Å². The van der Waals surface area contributed by atoms with Crippen LogP contribution in [0.4, 0.5) is 0 Å². The van der Waals surface area contributed by atoms with E-state index in [9.17, 15) is 8.42 Å². The molecule has 4 rings (SSSR count). The van der Waals surface area contributed by atoms with Gasteiger partial charge in [-0.25, -0.2) is 8.42 Å². The summed E-state index contributed by atoms with van der Waals surface area (Å²) in [6.07, 6.45) is 0.594. The topological polar surface area (TPSA) is 55.8 Å². The fourth-order valence-corrected chi connectivity index (χ4v) is 5.46. The first-order valence-corrected chi connectivity index (χ1v) is 11.2. The summed E-state index contributed by atoms with van der Waals surface area (Å²) in [6.45, 7) is 2.24. The van der Waals surface area contributed by atoms with E-state index in [-0.39, 0.29) is 6.04 Å². The van der Waals surface area contributed by atoms with Crippen molar-refractivity contribution in [3.63, 3.8) is 0 Å². The molecule has 0 saturated heterocycles. The van der Waals surface area contributed by atoms with Gasteiger partial charge in [-0.1, -0.05) is 35.9 Å². The number of ether oxygens (including phenoxy) is 2. The van der Waals surface area contributed by atoms with Gasteiger partial charge in [-0.05, 0) is 66.4 Å². The Morgan fingerprint density at radius 1 is 0.833 bits per heavy atom. The number of sulfonamides is 1. The van der Waals surface area contributed by atoms with E-state index < -0.39 is 10.0 Å². The van der Waals surface area contributed by atoms with Gasteiger partial charge in [0.25, 0.3) is 0 Å². The largest absolute Gasteiger partial charge is 0.497 e. The number of benzene rings is 3. The Hall–Kier alpha value is -2.83. The SMILES string of the molecule is COc1ccc(C2Cc3ccc(OC)cc3CN2S(=O)(=O)c2ccc(C)cc2)cc1. The van der Waals surface area contributed by atoms with E-state index in [4.69, 9.17) is 9.47 Å². The second-order valence-corrected chi connectivity index (χ2v) is 9.38. The van der Waals surface area contributed by atoms with Crippen LogP contribution in [0.5, 0.6) is 11.5 Å². The average Bonchev–Trinajstić information content (AvgIpc) is 2.78. The van der Waals surface area contributed by atoms with E-state index in [1.807, 2.05) is 61.5 Å². The molecule has 0 N–H and O–H groups in total. The maximum Gasteiger partial charge on any atom is 0.243 e. The van der Waals surface area contributed by atoms with Crippen LogP contribution < -0.4 is 9.47 Å². The van der Waals surface area contributed by atoms with E-state index >= 15 is 0 Å². The second kappa shape index (κ2) is 8.13. The van der Waals surface area contributed by atoms with Crippen molar-refractivity contribution in [2.75, 3.05) is 14.2 Å². The Balaban J connectivity index is 1.80. The van der Waals surface area contributed by atoms with Crippen molar-refractivity contribution in [1.82, 2.24) is 4.31 Å². The summed E-state index contributed by atoms with van der Waals surface area (Å²) in [7, 11) is -0.458. The molecule has 1 unspecified atom stereocenters. The zero-order valence-corrected chi connectivity index (χ0v) is 18.1. The molecule has 0 saturated carbocycles. The summed E-state index contributed by atoms with van der Waals surface area (Å²) in [5.74, 6) is 1.47. The lowest BCUT2D eigenvalue weighted by Gasteiger charge is -2.36. The maximum atomic E-state index is 13.6. The minimum Gasteiger partial charge on any atom is -0.497 e. The molecule has 0 aliphatic carbocycles.